The van der Waals surface area contributed by atoms with Gasteiger partial charge in [0, 0.05) is 10.9 Å². The molecule has 0 aliphatic heterocycles. The summed E-state index contributed by atoms with van der Waals surface area (Å²) in [6.45, 7) is 2.08. The number of carboxylic acids is 1. The lowest BCUT2D eigenvalue weighted by Crippen LogP contribution is -2.03. The first-order valence-corrected chi connectivity index (χ1v) is 8.34. The summed E-state index contributed by atoms with van der Waals surface area (Å²) in [6.07, 6.45) is 2.40. The average molecular weight is 364 g/mol. The van der Waals surface area contributed by atoms with Crippen LogP contribution in [0, 0.1) is 0 Å². The highest BCUT2D eigenvalue weighted by atomic mass is 35.5. The molecule has 0 atom stereocenters. The second-order valence-corrected chi connectivity index (χ2v) is 6.49. The second-order valence-electron chi connectivity index (χ2n) is 4.97. The van der Waals surface area contributed by atoms with Crippen LogP contribution in [0.4, 0.5) is 11.5 Å². The molecule has 1 aromatic carbocycles. The molecule has 0 bridgehead atoms. The van der Waals surface area contributed by atoms with E-state index in [-0.39, 0.29) is 16.3 Å². The number of nitrogens with zero attached hydrogens (tertiary/aromatic N) is 2. The van der Waals surface area contributed by atoms with Crippen molar-refractivity contribution in [2.24, 2.45) is 0 Å². The summed E-state index contributed by atoms with van der Waals surface area (Å²) < 4.78 is 5.14. The molecule has 24 heavy (non-hydrogen) atoms. The fourth-order valence-electron chi connectivity index (χ4n) is 2.29. The number of fused-ring (bicyclic) bond motifs is 1. The molecule has 0 saturated heterocycles. The van der Waals surface area contributed by atoms with Crippen LogP contribution in [0.3, 0.4) is 0 Å². The van der Waals surface area contributed by atoms with Crippen LogP contribution < -0.4 is 10.1 Å². The maximum Gasteiger partial charge on any atom is 0.339 e. The molecule has 0 aliphatic carbocycles. The van der Waals surface area contributed by atoms with Gasteiger partial charge in [-0.25, -0.2) is 14.8 Å². The van der Waals surface area contributed by atoms with Crippen LogP contribution in [-0.4, -0.2) is 28.2 Å². The zero-order valence-electron chi connectivity index (χ0n) is 13.0. The number of aromatic carboxylic acids is 1. The molecular weight excluding hydrogens is 350 g/mol. The van der Waals surface area contributed by atoms with Crippen LogP contribution in [0.25, 0.3) is 10.2 Å². The number of rotatable bonds is 5. The maximum atomic E-state index is 11.2. The van der Waals surface area contributed by atoms with Crippen molar-refractivity contribution in [1.82, 2.24) is 9.97 Å². The Hall–Kier alpha value is -2.38. The van der Waals surface area contributed by atoms with Gasteiger partial charge in [0.2, 0.25) is 0 Å². The van der Waals surface area contributed by atoms with Gasteiger partial charge in [0.15, 0.2) is 0 Å². The van der Waals surface area contributed by atoms with Crippen LogP contribution in [-0.2, 0) is 6.42 Å². The van der Waals surface area contributed by atoms with Gasteiger partial charge >= 0.3 is 5.97 Å². The van der Waals surface area contributed by atoms with Crippen molar-refractivity contribution in [1.29, 1.82) is 0 Å². The number of hydrogen-bond donors (Lipinski definition) is 2. The molecule has 0 unspecified atom stereocenters. The molecule has 2 heterocycles. The SMILES string of the molecule is CCc1cc2c(Nc3cc(OC)c(C(=O)O)cc3Cl)ncnc2s1. The van der Waals surface area contributed by atoms with Crippen LogP contribution in [0.1, 0.15) is 22.2 Å². The zero-order valence-corrected chi connectivity index (χ0v) is 14.5. The van der Waals surface area contributed by atoms with Gasteiger partial charge in [-0.2, -0.15) is 0 Å². The number of ether oxygens (including phenoxy) is 1. The summed E-state index contributed by atoms with van der Waals surface area (Å²) in [7, 11) is 1.41. The summed E-state index contributed by atoms with van der Waals surface area (Å²) in [5.74, 6) is -0.266. The van der Waals surface area contributed by atoms with E-state index in [9.17, 15) is 9.90 Å². The fraction of sp³-hybridized carbons (Fsp3) is 0.188. The van der Waals surface area contributed by atoms with Gasteiger partial charge in [-0.15, -0.1) is 11.3 Å². The van der Waals surface area contributed by atoms with Gasteiger partial charge in [0.05, 0.1) is 23.2 Å². The van der Waals surface area contributed by atoms with E-state index >= 15 is 0 Å². The number of nitrogens with one attached hydrogen (secondary N) is 1. The lowest BCUT2D eigenvalue weighted by Gasteiger charge is -2.12. The van der Waals surface area contributed by atoms with Gasteiger partial charge in [0.1, 0.15) is 28.3 Å². The van der Waals surface area contributed by atoms with Gasteiger partial charge in [-0.05, 0) is 18.6 Å². The lowest BCUT2D eigenvalue weighted by molar-refractivity contribution is 0.0693. The Morgan fingerprint density at radius 3 is 2.83 bits per heavy atom. The minimum absolute atomic E-state index is 0.00434. The quantitative estimate of drug-likeness (QED) is 0.700. The molecular formula is C16H14ClN3O3S. The molecule has 3 rings (SSSR count). The third-order valence-electron chi connectivity index (χ3n) is 3.50. The molecule has 0 fully saturated rings. The Morgan fingerprint density at radius 2 is 2.17 bits per heavy atom. The molecule has 3 aromatic rings. The van der Waals surface area contributed by atoms with E-state index in [2.05, 4.69) is 22.2 Å². The van der Waals surface area contributed by atoms with Crippen LogP contribution in [0.15, 0.2) is 24.5 Å². The predicted molar refractivity (Wildman–Crippen MR) is 95.0 cm³/mol. The highest BCUT2D eigenvalue weighted by Crippen LogP contribution is 2.35. The average Bonchev–Trinajstić information content (AvgIpc) is 3.00. The fourth-order valence-corrected chi connectivity index (χ4v) is 3.44. The Labute approximate surface area is 147 Å². The van der Waals surface area contributed by atoms with Crippen LogP contribution in [0.5, 0.6) is 5.75 Å². The molecule has 0 spiro atoms. The highest BCUT2D eigenvalue weighted by Gasteiger charge is 2.16. The number of carboxylic acid groups (broad SMARTS) is 1. The van der Waals surface area contributed by atoms with E-state index in [1.54, 1.807) is 17.4 Å². The monoisotopic (exact) mass is 363 g/mol. The standard InChI is InChI=1S/C16H14ClN3O3S/c1-3-8-4-10-14(18-7-19-15(10)24-8)20-12-6-13(23-2)9(16(21)22)5-11(12)17/h4-7H,3H2,1-2H3,(H,21,22)(H,18,19,20). The predicted octanol–water partition coefficient (Wildman–Crippen LogP) is 4.36. The number of benzene rings is 1. The number of carbonyl (C=O) groups is 1. The Bertz CT molecular complexity index is 926. The van der Waals surface area contributed by atoms with E-state index in [0.29, 0.717) is 11.5 Å². The van der Waals surface area contributed by atoms with Crippen LogP contribution >= 0.6 is 22.9 Å². The summed E-state index contributed by atoms with van der Waals surface area (Å²) in [5.41, 5.74) is 0.521. The van der Waals surface area contributed by atoms with Gasteiger partial charge in [-0.1, -0.05) is 18.5 Å². The van der Waals surface area contributed by atoms with Gasteiger partial charge in [0.25, 0.3) is 0 Å². The minimum Gasteiger partial charge on any atom is -0.496 e. The molecule has 0 radical (unpaired) electrons. The van der Waals surface area contributed by atoms with Crippen molar-refractivity contribution >= 4 is 50.6 Å². The number of methoxy groups -OCH3 is 1. The van der Waals surface area contributed by atoms with Crippen molar-refractivity contribution in [3.05, 3.63) is 40.0 Å². The van der Waals surface area contributed by atoms with Crippen molar-refractivity contribution in [2.45, 2.75) is 13.3 Å². The third-order valence-corrected chi connectivity index (χ3v) is 5.00. The van der Waals surface area contributed by atoms with Crippen molar-refractivity contribution in [3.8, 4) is 5.75 Å². The van der Waals surface area contributed by atoms with E-state index < -0.39 is 5.97 Å². The Kier molecular flexibility index (Phi) is 4.55. The largest absolute Gasteiger partial charge is 0.496 e. The van der Waals surface area contributed by atoms with Crippen molar-refractivity contribution in [2.75, 3.05) is 12.4 Å². The number of halogens is 1. The van der Waals surface area contributed by atoms with E-state index in [1.807, 2.05) is 6.07 Å². The number of thiophene rings is 1. The first kappa shape index (κ1) is 16.5. The second kappa shape index (κ2) is 6.62. The maximum absolute atomic E-state index is 11.2. The van der Waals surface area contributed by atoms with E-state index in [1.165, 1.54) is 24.4 Å². The normalized spacial score (nSPS) is 10.8. The van der Waals surface area contributed by atoms with Crippen molar-refractivity contribution in [3.63, 3.8) is 0 Å². The molecule has 0 amide bonds. The summed E-state index contributed by atoms with van der Waals surface area (Å²) in [4.78, 5) is 21.9. The minimum atomic E-state index is -1.10. The summed E-state index contributed by atoms with van der Waals surface area (Å²) in [5, 5.41) is 13.5. The number of aryl methyl sites for hydroxylation is 1. The molecule has 2 aromatic heterocycles. The first-order valence-electron chi connectivity index (χ1n) is 7.14. The lowest BCUT2D eigenvalue weighted by atomic mass is 10.1. The highest BCUT2D eigenvalue weighted by molar-refractivity contribution is 7.18. The summed E-state index contributed by atoms with van der Waals surface area (Å²) in [6, 6.07) is 4.94. The molecule has 2 N–H and O–H groups in total. The number of aromatic nitrogens is 2. The smallest absolute Gasteiger partial charge is 0.339 e. The first-order chi connectivity index (χ1) is 11.5. The Morgan fingerprint density at radius 1 is 1.38 bits per heavy atom. The Balaban J connectivity index is 2.05. The topological polar surface area (TPSA) is 84.3 Å². The molecule has 0 saturated carbocycles. The number of hydrogen-bond acceptors (Lipinski definition) is 6. The van der Waals surface area contributed by atoms with E-state index in [0.717, 1.165) is 16.6 Å². The number of anilines is 2. The van der Waals surface area contributed by atoms with Gasteiger partial charge in [-0.3, -0.25) is 0 Å². The van der Waals surface area contributed by atoms with Crippen molar-refractivity contribution < 1.29 is 14.6 Å². The molecule has 8 heteroatoms. The van der Waals surface area contributed by atoms with E-state index in [4.69, 9.17) is 16.3 Å². The van der Waals surface area contributed by atoms with Crippen LogP contribution in [0.2, 0.25) is 5.02 Å². The summed E-state index contributed by atoms with van der Waals surface area (Å²) >= 11 is 7.83. The third kappa shape index (κ3) is 3.00. The van der Waals surface area contributed by atoms with Gasteiger partial charge < -0.3 is 15.2 Å². The molecule has 124 valence electrons. The zero-order chi connectivity index (χ0) is 17.3. The molecule has 6 nitrogen and oxygen atoms in total. The molecule has 0 aliphatic rings.